The zero-order valence-corrected chi connectivity index (χ0v) is 18.6. The lowest BCUT2D eigenvalue weighted by atomic mass is 9.87. The smallest absolute Gasteiger partial charge is 0.221 e. The lowest BCUT2D eigenvalue weighted by molar-refractivity contribution is -0.121. The van der Waals surface area contributed by atoms with Crippen molar-refractivity contribution in [1.82, 2.24) is 10.3 Å². The van der Waals surface area contributed by atoms with E-state index in [0.717, 1.165) is 27.6 Å². The first-order valence-electron chi connectivity index (χ1n) is 10.7. The third-order valence-corrected chi connectivity index (χ3v) is 5.84. The van der Waals surface area contributed by atoms with E-state index in [2.05, 4.69) is 16.4 Å². The molecule has 5 nitrogen and oxygen atoms in total. The van der Waals surface area contributed by atoms with Crippen molar-refractivity contribution in [2.45, 2.75) is 25.3 Å². The minimum atomic E-state index is -0.168. The van der Waals surface area contributed by atoms with Crippen LogP contribution in [0.2, 0.25) is 0 Å². The zero-order chi connectivity index (χ0) is 22.5. The number of H-pyrrole nitrogens is 1. The van der Waals surface area contributed by atoms with Gasteiger partial charge in [-0.25, -0.2) is 0 Å². The number of fused-ring (bicyclic) bond motifs is 1. The highest BCUT2D eigenvalue weighted by Crippen LogP contribution is 2.37. The lowest BCUT2D eigenvalue weighted by Gasteiger charge is -2.21. The van der Waals surface area contributed by atoms with Gasteiger partial charge in [0.2, 0.25) is 5.91 Å². The van der Waals surface area contributed by atoms with E-state index in [4.69, 9.17) is 9.47 Å². The molecule has 4 rings (SSSR count). The second-order valence-electron chi connectivity index (χ2n) is 7.89. The van der Waals surface area contributed by atoms with Crippen LogP contribution in [-0.4, -0.2) is 25.1 Å². The summed E-state index contributed by atoms with van der Waals surface area (Å²) in [6, 6.07) is 23.8. The summed E-state index contributed by atoms with van der Waals surface area (Å²) in [7, 11) is 3.26. The molecule has 3 aromatic carbocycles. The molecule has 2 unspecified atom stereocenters. The van der Waals surface area contributed by atoms with Gasteiger partial charge >= 0.3 is 0 Å². The van der Waals surface area contributed by atoms with E-state index in [-0.39, 0.29) is 17.9 Å². The van der Waals surface area contributed by atoms with Crippen LogP contribution < -0.4 is 14.8 Å². The van der Waals surface area contributed by atoms with E-state index in [0.29, 0.717) is 17.9 Å². The van der Waals surface area contributed by atoms with Crippen molar-refractivity contribution < 1.29 is 14.3 Å². The van der Waals surface area contributed by atoms with Crippen molar-refractivity contribution in [2.75, 3.05) is 14.2 Å². The topological polar surface area (TPSA) is 63.4 Å². The fourth-order valence-corrected chi connectivity index (χ4v) is 4.13. The highest BCUT2D eigenvalue weighted by Gasteiger charge is 2.23. The van der Waals surface area contributed by atoms with Crippen LogP contribution in [0.5, 0.6) is 11.5 Å². The molecule has 5 heteroatoms. The first kappa shape index (κ1) is 21.5. The number of benzene rings is 3. The summed E-state index contributed by atoms with van der Waals surface area (Å²) in [6.07, 6.45) is 2.30. The first-order chi connectivity index (χ1) is 15.6. The van der Waals surface area contributed by atoms with Crippen LogP contribution in [0.15, 0.2) is 79.0 Å². The molecule has 0 saturated heterocycles. The van der Waals surface area contributed by atoms with Crippen molar-refractivity contribution in [2.24, 2.45) is 0 Å². The minimum absolute atomic E-state index is 0.0154. The maximum atomic E-state index is 13.2. The first-order valence-corrected chi connectivity index (χ1v) is 10.7. The van der Waals surface area contributed by atoms with Crippen LogP contribution in [0.3, 0.4) is 0 Å². The van der Waals surface area contributed by atoms with Gasteiger partial charge in [-0.2, -0.15) is 0 Å². The molecule has 164 valence electrons. The normalized spacial score (nSPS) is 12.8. The average Bonchev–Trinajstić information content (AvgIpc) is 3.26. The van der Waals surface area contributed by atoms with Crippen LogP contribution >= 0.6 is 0 Å². The molecule has 32 heavy (non-hydrogen) atoms. The number of carbonyl (C=O) groups is 1. The Bertz CT molecular complexity index is 1180. The predicted molar refractivity (Wildman–Crippen MR) is 127 cm³/mol. The summed E-state index contributed by atoms with van der Waals surface area (Å²) in [5.41, 5.74) is 4.15. The zero-order valence-electron chi connectivity index (χ0n) is 18.6. The molecule has 0 radical (unpaired) electrons. The van der Waals surface area contributed by atoms with Crippen molar-refractivity contribution in [3.8, 4) is 11.5 Å². The second-order valence-corrected chi connectivity index (χ2v) is 7.89. The van der Waals surface area contributed by atoms with Gasteiger partial charge in [-0.15, -0.1) is 0 Å². The number of ether oxygens (including phenoxy) is 2. The molecule has 2 atom stereocenters. The largest absolute Gasteiger partial charge is 0.497 e. The van der Waals surface area contributed by atoms with Crippen LogP contribution in [0, 0.1) is 0 Å². The Hall–Kier alpha value is -3.73. The average molecular weight is 429 g/mol. The SMILES string of the molecule is COc1cc(OC)cc(C(CC(=O)NC(C)c2ccccc2)c2c[nH]c3ccccc23)c1. The van der Waals surface area contributed by atoms with E-state index < -0.39 is 0 Å². The van der Waals surface area contributed by atoms with Crippen molar-refractivity contribution in [3.63, 3.8) is 0 Å². The van der Waals surface area contributed by atoms with Gasteiger partial charge < -0.3 is 19.8 Å². The number of carbonyl (C=O) groups excluding carboxylic acids is 1. The number of hydrogen-bond donors (Lipinski definition) is 2. The maximum absolute atomic E-state index is 13.2. The molecular weight excluding hydrogens is 400 g/mol. The molecule has 0 fully saturated rings. The molecule has 0 aliphatic heterocycles. The summed E-state index contributed by atoms with van der Waals surface area (Å²) in [5, 5.41) is 4.25. The van der Waals surface area contributed by atoms with E-state index in [1.54, 1.807) is 14.2 Å². The quantitative estimate of drug-likeness (QED) is 0.385. The van der Waals surface area contributed by atoms with Crippen LogP contribution in [0.1, 0.15) is 42.0 Å². The molecule has 0 saturated carbocycles. The fraction of sp³-hybridized carbons (Fsp3) is 0.222. The molecule has 1 amide bonds. The molecular formula is C27H28N2O3. The van der Waals surface area contributed by atoms with Gasteiger partial charge in [-0.1, -0.05) is 48.5 Å². The molecule has 0 aliphatic rings. The van der Waals surface area contributed by atoms with Gasteiger partial charge in [0.05, 0.1) is 20.3 Å². The summed E-state index contributed by atoms with van der Waals surface area (Å²) in [6.45, 7) is 2.00. The van der Waals surface area contributed by atoms with Crippen molar-refractivity contribution in [1.29, 1.82) is 0 Å². The number of hydrogen-bond acceptors (Lipinski definition) is 3. The number of nitrogens with one attached hydrogen (secondary N) is 2. The Morgan fingerprint density at radius 1 is 0.906 bits per heavy atom. The summed E-state index contributed by atoms with van der Waals surface area (Å²) in [4.78, 5) is 16.5. The number of rotatable bonds is 8. The van der Waals surface area contributed by atoms with Gasteiger partial charge in [0.1, 0.15) is 11.5 Å². The second kappa shape index (κ2) is 9.60. The Morgan fingerprint density at radius 2 is 1.56 bits per heavy atom. The van der Waals surface area contributed by atoms with Crippen LogP contribution in [-0.2, 0) is 4.79 Å². The molecule has 0 spiro atoms. The van der Waals surface area contributed by atoms with Crippen molar-refractivity contribution >= 4 is 16.8 Å². The molecule has 4 aromatic rings. The Morgan fingerprint density at radius 3 is 2.25 bits per heavy atom. The summed E-state index contributed by atoms with van der Waals surface area (Å²) < 4.78 is 11.0. The van der Waals surface area contributed by atoms with Crippen LogP contribution in [0.4, 0.5) is 0 Å². The Kier molecular flexibility index (Phi) is 6.45. The monoisotopic (exact) mass is 428 g/mol. The van der Waals surface area contributed by atoms with Gasteiger partial charge in [-0.05, 0) is 41.8 Å². The lowest BCUT2D eigenvalue weighted by Crippen LogP contribution is -2.28. The summed E-state index contributed by atoms with van der Waals surface area (Å²) in [5.74, 6) is 1.21. The molecule has 1 aromatic heterocycles. The van der Waals surface area contributed by atoms with Gasteiger partial charge in [0.25, 0.3) is 0 Å². The highest BCUT2D eigenvalue weighted by molar-refractivity contribution is 5.86. The van der Waals surface area contributed by atoms with E-state index >= 15 is 0 Å². The van der Waals surface area contributed by atoms with E-state index in [1.165, 1.54) is 0 Å². The highest BCUT2D eigenvalue weighted by atomic mass is 16.5. The van der Waals surface area contributed by atoms with Gasteiger partial charge in [0, 0.05) is 35.5 Å². The maximum Gasteiger partial charge on any atom is 0.221 e. The number of aromatic nitrogens is 1. The van der Waals surface area contributed by atoms with Gasteiger partial charge in [0.15, 0.2) is 0 Å². The van der Waals surface area contributed by atoms with Crippen molar-refractivity contribution in [3.05, 3.63) is 95.7 Å². The number of aromatic amines is 1. The van der Waals surface area contributed by atoms with E-state index in [1.807, 2.05) is 79.9 Å². The number of methoxy groups -OCH3 is 2. The molecule has 0 bridgehead atoms. The fourth-order valence-electron chi connectivity index (χ4n) is 4.13. The third kappa shape index (κ3) is 4.62. The predicted octanol–water partition coefficient (Wildman–Crippen LogP) is 5.58. The van der Waals surface area contributed by atoms with Gasteiger partial charge in [-0.3, -0.25) is 4.79 Å². The van der Waals surface area contributed by atoms with Crippen LogP contribution in [0.25, 0.3) is 10.9 Å². The Labute approximate surface area is 188 Å². The standard InChI is InChI=1S/C27H28N2O3/c1-18(19-9-5-4-6-10-19)29-27(30)16-24(20-13-21(31-2)15-22(14-20)32-3)25-17-28-26-12-8-7-11-23(25)26/h4-15,17-18,24,28H,16H2,1-3H3,(H,29,30). The molecule has 2 N–H and O–H groups in total. The minimum Gasteiger partial charge on any atom is -0.497 e. The van der Waals surface area contributed by atoms with E-state index in [9.17, 15) is 4.79 Å². The third-order valence-electron chi connectivity index (χ3n) is 5.84. The molecule has 0 aliphatic carbocycles. The Balaban J connectivity index is 1.69. The number of amides is 1. The summed E-state index contributed by atoms with van der Waals surface area (Å²) >= 11 is 0. The number of para-hydroxylation sites is 1. The molecule has 1 heterocycles.